The highest BCUT2D eigenvalue weighted by molar-refractivity contribution is 6.68. The Labute approximate surface area is 132 Å². The summed E-state index contributed by atoms with van der Waals surface area (Å²) >= 11 is 18.1. The molecule has 1 aromatic carbocycles. The normalized spacial score (nSPS) is 17.1. The summed E-state index contributed by atoms with van der Waals surface area (Å²) < 4.78 is 3.41. The van der Waals surface area contributed by atoms with Gasteiger partial charge in [-0.15, -0.1) is 0 Å². The van der Waals surface area contributed by atoms with Crippen LogP contribution >= 0.6 is 34.8 Å². The first kappa shape index (κ1) is 15.9. The summed E-state index contributed by atoms with van der Waals surface area (Å²) in [6, 6.07) is 6.60. The van der Waals surface area contributed by atoms with Gasteiger partial charge in [0.25, 0.3) is 0 Å². The first-order chi connectivity index (χ1) is 9.30. The molecule has 0 aliphatic carbocycles. The molecule has 20 heavy (non-hydrogen) atoms. The monoisotopic (exact) mass is 335 g/mol. The molecule has 0 aliphatic heterocycles. The molecule has 0 saturated carbocycles. The molecule has 2 N–H and O–H groups in total. The average Bonchev–Trinajstić information content (AvgIpc) is 2.83. The molecule has 1 aromatic heterocycles. The van der Waals surface area contributed by atoms with Crippen LogP contribution in [0.4, 0.5) is 0 Å². The second-order valence-electron chi connectivity index (χ2n) is 4.72. The Morgan fingerprint density at radius 3 is 2.60 bits per heavy atom. The van der Waals surface area contributed by atoms with Crippen molar-refractivity contribution in [3.05, 3.63) is 36.1 Å². The van der Waals surface area contributed by atoms with Gasteiger partial charge in [0.05, 0.1) is 6.26 Å². The van der Waals surface area contributed by atoms with Gasteiger partial charge in [-0.05, 0) is 37.2 Å². The number of furan rings is 1. The molecule has 1 heterocycles. The van der Waals surface area contributed by atoms with E-state index < -0.39 is 15.4 Å². The number of aliphatic hydroxyl groups is 1. The molecule has 0 spiro atoms. The van der Waals surface area contributed by atoms with E-state index in [4.69, 9.17) is 39.2 Å². The van der Waals surface area contributed by atoms with Gasteiger partial charge in [0.2, 0.25) is 3.79 Å². The van der Waals surface area contributed by atoms with Crippen LogP contribution in [0.5, 0.6) is 0 Å². The molecule has 0 saturated heterocycles. The topological polar surface area (TPSA) is 45.4 Å². The largest absolute Gasteiger partial charge is 0.464 e. The second-order valence-corrected chi connectivity index (χ2v) is 7.00. The summed E-state index contributed by atoms with van der Waals surface area (Å²) in [7, 11) is 0. The third-order valence-electron chi connectivity index (χ3n) is 3.46. The fourth-order valence-electron chi connectivity index (χ4n) is 2.32. The van der Waals surface area contributed by atoms with Crippen LogP contribution in [0, 0.1) is 0 Å². The van der Waals surface area contributed by atoms with Crippen molar-refractivity contribution in [1.82, 2.24) is 5.32 Å². The Morgan fingerprint density at radius 2 is 2.00 bits per heavy atom. The van der Waals surface area contributed by atoms with Crippen LogP contribution < -0.4 is 5.32 Å². The molecular formula is C14H16Cl3NO2. The highest BCUT2D eigenvalue weighted by Crippen LogP contribution is 2.47. The zero-order chi connectivity index (χ0) is 15.0. The minimum atomic E-state index is -1.87. The minimum Gasteiger partial charge on any atom is -0.464 e. The minimum absolute atomic E-state index is 0.440. The standard InChI is InChI=1S/C14H16Cl3NO2/c1-3-18-9(2)13(19,14(15,16)17)11-4-5-12-10(8-11)6-7-20-12/h4-9,18-19H,3H2,1-2H3. The molecule has 2 atom stereocenters. The zero-order valence-corrected chi connectivity index (χ0v) is 13.4. The molecule has 3 nitrogen and oxygen atoms in total. The summed E-state index contributed by atoms with van der Waals surface area (Å²) in [4.78, 5) is 0. The Hall–Kier alpha value is -0.450. The van der Waals surface area contributed by atoms with Crippen molar-refractivity contribution in [2.24, 2.45) is 0 Å². The number of alkyl halides is 3. The van der Waals surface area contributed by atoms with Crippen molar-refractivity contribution >= 4 is 45.8 Å². The lowest BCUT2D eigenvalue weighted by atomic mass is 9.87. The Balaban J connectivity index is 2.55. The molecule has 6 heteroatoms. The van der Waals surface area contributed by atoms with E-state index in [9.17, 15) is 5.11 Å². The number of fused-ring (bicyclic) bond motifs is 1. The van der Waals surface area contributed by atoms with Gasteiger partial charge in [-0.3, -0.25) is 0 Å². The van der Waals surface area contributed by atoms with Crippen molar-refractivity contribution in [1.29, 1.82) is 0 Å². The molecule has 0 aliphatic rings. The molecular weight excluding hydrogens is 321 g/mol. The van der Waals surface area contributed by atoms with E-state index in [2.05, 4.69) is 5.32 Å². The lowest BCUT2D eigenvalue weighted by Gasteiger charge is -2.40. The van der Waals surface area contributed by atoms with Crippen molar-refractivity contribution in [2.75, 3.05) is 6.54 Å². The number of likely N-dealkylation sites (N-methyl/N-ethyl adjacent to an activating group) is 1. The molecule has 2 aromatic rings. The van der Waals surface area contributed by atoms with Crippen LogP contribution in [0.1, 0.15) is 19.4 Å². The highest BCUT2D eigenvalue weighted by atomic mass is 35.6. The summed E-state index contributed by atoms with van der Waals surface area (Å²) in [5, 5.41) is 15.0. The SMILES string of the molecule is CCNC(C)C(O)(c1ccc2occc2c1)C(Cl)(Cl)Cl. The molecule has 2 rings (SSSR count). The Bertz CT molecular complexity index is 593. The van der Waals surface area contributed by atoms with Crippen LogP contribution in [0.15, 0.2) is 34.9 Å². The number of rotatable bonds is 4. The van der Waals surface area contributed by atoms with Gasteiger partial charge in [-0.1, -0.05) is 47.8 Å². The third kappa shape index (κ3) is 2.66. The highest BCUT2D eigenvalue weighted by Gasteiger charge is 2.52. The van der Waals surface area contributed by atoms with E-state index in [0.29, 0.717) is 12.1 Å². The second kappa shape index (κ2) is 5.74. The maximum absolute atomic E-state index is 11.0. The van der Waals surface area contributed by atoms with E-state index in [-0.39, 0.29) is 0 Å². The van der Waals surface area contributed by atoms with Gasteiger partial charge in [-0.2, -0.15) is 0 Å². The lowest BCUT2D eigenvalue weighted by molar-refractivity contribution is 0.00669. The maximum atomic E-state index is 11.0. The van der Waals surface area contributed by atoms with Crippen LogP contribution in [0.25, 0.3) is 11.0 Å². The molecule has 2 unspecified atom stereocenters. The number of hydrogen-bond acceptors (Lipinski definition) is 3. The Kier molecular flexibility index (Phi) is 4.57. The molecule has 0 fully saturated rings. The fraction of sp³-hybridized carbons (Fsp3) is 0.429. The van der Waals surface area contributed by atoms with Gasteiger partial charge in [0, 0.05) is 11.4 Å². The summed E-state index contributed by atoms with van der Waals surface area (Å²) in [6.07, 6.45) is 1.58. The number of nitrogens with one attached hydrogen (secondary N) is 1. The summed E-state index contributed by atoms with van der Waals surface area (Å²) in [6.45, 7) is 4.36. The molecule has 0 bridgehead atoms. The third-order valence-corrected chi connectivity index (χ3v) is 4.33. The molecule has 0 amide bonds. The molecule has 110 valence electrons. The van der Waals surface area contributed by atoms with E-state index in [1.54, 1.807) is 37.5 Å². The van der Waals surface area contributed by atoms with Crippen molar-refractivity contribution in [2.45, 2.75) is 29.3 Å². The van der Waals surface area contributed by atoms with E-state index >= 15 is 0 Å². The fourth-order valence-corrected chi connectivity index (χ4v) is 3.14. The van der Waals surface area contributed by atoms with Crippen LogP contribution in [-0.4, -0.2) is 21.5 Å². The summed E-state index contributed by atoms with van der Waals surface area (Å²) in [5.74, 6) is 0. The maximum Gasteiger partial charge on any atom is 0.224 e. The van der Waals surface area contributed by atoms with Gasteiger partial charge in [0.15, 0.2) is 5.60 Å². The number of halogens is 3. The van der Waals surface area contributed by atoms with E-state index in [1.807, 2.05) is 6.92 Å². The van der Waals surface area contributed by atoms with Gasteiger partial charge in [-0.25, -0.2) is 0 Å². The van der Waals surface area contributed by atoms with Crippen molar-refractivity contribution in [3.63, 3.8) is 0 Å². The van der Waals surface area contributed by atoms with Crippen LogP contribution in [0.3, 0.4) is 0 Å². The predicted octanol–water partition coefficient (Wildman–Crippen LogP) is 3.99. The predicted molar refractivity (Wildman–Crippen MR) is 83.5 cm³/mol. The average molecular weight is 337 g/mol. The molecule has 0 radical (unpaired) electrons. The van der Waals surface area contributed by atoms with Crippen LogP contribution in [0.2, 0.25) is 0 Å². The zero-order valence-electron chi connectivity index (χ0n) is 11.2. The summed E-state index contributed by atoms with van der Waals surface area (Å²) in [5.41, 5.74) is -0.407. The van der Waals surface area contributed by atoms with Crippen LogP contribution in [-0.2, 0) is 5.60 Å². The first-order valence-corrected chi connectivity index (χ1v) is 7.44. The van der Waals surface area contributed by atoms with Gasteiger partial charge >= 0.3 is 0 Å². The quantitative estimate of drug-likeness (QED) is 0.830. The Morgan fingerprint density at radius 1 is 1.30 bits per heavy atom. The first-order valence-electron chi connectivity index (χ1n) is 6.31. The lowest BCUT2D eigenvalue weighted by Crippen LogP contribution is -2.54. The van der Waals surface area contributed by atoms with Gasteiger partial charge < -0.3 is 14.8 Å². The van der Waals surface area contributed by atoms with Crippen molar-refractivity contribution in [3.8, 4) is 0 Å². The number of hydrogen-bond donors (Lipinski definition) is 2. The van der Waals surface area contributed by atoms with E-state index in [1.165, 1.54) is 0 Å². The van der Waals surface area contributed by atoms with Crippen molar-refractivity contribution < 1.29 is 9.52 Å². The van der Waals surface area contributed by atoms with E-state index in [0.717, 1.165) is 11.0 Å². The van der Waals surface area contributed by atoms with Gasteiger partial charge in [0.1, 0.15) is 5.58 Å². The smallest absolute Gasteiger partial charge is 0.224 e. The number of benzene rings is 1.